The Kier molecular flexibility index (Phi) is 5.63. The molecule has 0 spiro atoms. The second kappa shape index (κ2) is 8.51. The molecule has 8 heteroatoms. The average molecular weight is 423 g/mol. The van der Waals surface area contributed by atoms with E-state index in [1.807, 2.05) is 18.3 Å². The van der Waals surface area contributed by atoms with E-state index in [1.54, 1.807) is 47.3 Å². The van der Waals surface area contributed by atoms with E-state index in [2.05, 4.69) is 10.4 Å². The number of nitrogens with zero attached hydrogens (tertiary/aromatic N) is 3. The monoisotopic (exact) mass is 422 g/mol. The van der Waals surface area contributed by atoms with E-state index in [1.165, 1.54) is 4.90 Å². The van der Waals surface area contributed by atoms with E-state index in [4.69, 9.17) is 11.6 Å². The summed E-state index contributed by atoms with van der Waals surface area (Å²) < 4.78 is 1.72. The van der Waals surface area contributed by atoms with Crippen LogP contribution < -0.4 is 5.32 Å². The van der Waals surface area contributed by atoms with Crippen molar-refractivity contribution < 1.29 is 14.4 Å². The molecule has 2 heterocycles. The van der Waals surface area contributed by atoms with Crippen molar-refractivity contribution in [3.05, 3.63) is 82.6 Å². The minimum atomic E-state index is -0.214. The fourth-order valence-corrected chi connectivity index (χ4v) is 3.34. The number of benzene rings is 2. The summed E-state index contributed by atoms with van der Waals surface area (Å²) in [6.45, 7) is 0.578. The molecule has 1 saturated heterocycles. The van der Waals surface area contributed by atoms with E-state index in [-0.39, 0.29) is 37.1 Å². The maximum absolute atomic E-state index is 12.4. The number of aromatic nitrogens is 2. The topological polar surface area (TPSA) is 84.3 Å². The zero-order valence-electron chi connectivity index (χ0n) is 16.0. The molecule has 0 atom stereocenters. The number of halogens is 1. The Bertz CT molecular complexity index is 1070. The highest BCUT2D eigenvalue weighted by Gasteiger charge is 2.28. The highest BCUT2D eigenvalue weighted by atomic mass is 35.5. The van der Waals surface area contributed by atoms with Crippen LogP contribution in [0.4, 0.5) is 0 Å². The van der Waals surface area contributed by atoms with Gasteiger partial charge in [0.15, 0.2) is 0 Å². The Labute approximate surface area is 178 Å². The lowest BCUT2D eigenvalue weighted by molar-refractivity contribution is -0.139. The van der Waals surface area contributed by atoms with Gasteiger partial charge in [0.2, 0.25) is 11.8 Å². The summed E-state index contributed by atoms with van der Waals surface area (Å²) in [6, 6.07) is 14.2. The molecule has 2 aromatic carbocycles. The van der Waals surface area contributed by atoms with E-state index in [0.29, 0.717) is 17.1 Å². The van der Waals surface area contributed by atoms with Crippen LogP contribution >= 0.6 is 11.6 Å². The van der Waals surface area contributed by atoms with E-state index < -0.39 is 0 Å². The first-order valence-electron chi connectivity index (χ1n) is 9.49. The van der Waals surface area contributed by atoms with Crippen molar-refractivity contribution in [1.82, 2.24) is 20.0 Å². The number of imide groups is 1. The molecule has 0 aliphatic carbocycles. The highest BCUT2D eigenvalue weighted by Crippen LogP contribution is 2.17. The second-order valence-electron chi connectivity index (χ2n) is 7.02. The number of amides is 3. The molecule has 3 amide bonds. The molecule has 1 N–H and O–H groups in total. The van der Waals surface area contributed by atoms with Crippen LogP contribution in [0.1, 0.15) is 34.3 Å². The van der Waals surface area contributed by atoms with Crippen LogP contribution in [0, 0.1) is 0 Å². The Morgan fingerprint density at radius 3 is 2.30 bits per heavy atom. The molecule has 3 aromatic rings. The van der Waals surface area contributed by atoms with Crippen molar-refractivity contribution >= 4 is 29.3 Å². The van der Waals surface area contributed by atoms with Crippen molar-refractivity contribution in [3.8, 4) is 5.69 Å². The van der Waals surface area contributed by atoms with Crippen LogP contribution in [0.25, 0.3) is 5.69 Å². The van der Waals surface area contributed by atoms with E-state index in [9.17, 15) is 14.4 Å². The standard InChI is InChI=1S/C22H19ClN4O3/c23-18-5-7-19(8-6-18)27-14-16(12-25-27)11-24-22(30)17-3-1-15(2-4-17)13-26-20(28)9-10-21(26)29/h1-8,12,14H,9-11,13H2,(H,24,30). The van der Waals surface area contributed by atoms with Crippen LogP contribution in [-0.4, -0.2) is 32.4 Å². The molecule has 30 heavy (non-hydrogen) atoms. The summed E-state index contributed by atoms with van der Waals surface area (Å²) >= 11 is 5.90. The van der Waals surface area contributed by atoms with Crippen molar-refractivity contribution in [2.75, 3.05) is 0 Å². The first-order valence-corrected chi connectivity index (χ1v) is 9.87. The van der Waals surface area contributed by atoms with Gasteiger partial charge in [0.25, 0.3) is 5.91 Å². The summed E-state index contributed by atoms with van der Waals surface area (Å²) in [6.07, 6.45) is 4.08. The van der Waals surface area contributed by atoms with Gasteiger partial charge in [-0.3, -0.25) is 19.3 Å². The van der Waals surface area contributed by atoms with Gasteiger partial charge in [-0.25, -0.2) is 4.68 Å². The minimum absolute atomic E-state index is 0.152. The largest absolute Gasteiger partial charge is 0.348 e. The Hall–Kier alpha value is -3.45. The molecule has 0 unspecified atom stereocenters. The molecule has 0 saturated carbocycles. The number of nitrogens with one attached hydrogen (secondary N) is 1. The Balaban J connectivity index is 1.33. The molecule has 4 rings (SSSR count). The SMILES string of the molecule is O=C(NCc1cnn(-c2ccc(Cl)cc2)c1)c1ccc(CN2C(=O)CCC2=O)cc1. The molecular formula is C22H19ClN4O3. The molecule has 1 aromatic heterocycles. The number of carbonyl (C=O) groups excluding carboxylic acids is 3. The predicted octanol–water partition coefficient (Wildman–Crippen LogP) is 3.10. The quantitative estimate of drug-likeness (QED) is 0.618. The highest BCUT2D eigenvalue weighted by molar-refractivity contribution is 6.30. The number of hydrogen-bond acceptors (Lipinski definition) is 4. The normalized spacial score (nSPS) is 13.7. The minimum Gasteiger partial charge on any atom is -0.348 e. The van der Waals surface area contributed by atoms with Gasteiger partial charge in [0.1, 0.15) is 0 Å². The first kappa shape index (κ1) is 19.8. The average Bonchev–Trinajstić information content (AvgIpc) is 3.35. The first-order chi connectivity index (χ1) is 14.5. The summed E-state index contributed by atoms with van der Waals surface area (Å²) in [5.74, 6) is -0.518. The molecule has 7 nitrogen and oxygen atoms in total. The third-order valence-corrected chi connectivity index (χ3v) is 5.14. The molecule has 1 aliphatic rings. The van der Waals surface area contributed by atoms with E-state index >= 15 is 0 Å². The Morgan fingerprint density at radius 1 is 0.967 bits per heavy atom. The third kappa shape index (κ3) is 4.41. The van der Waals surface area contributed by atoms with Gasteiger partial charge in [0, 0.05) is 41.7 Å². The lowest BCUT2D eigenvalue weighted by Crippen LogP contribution is -2.28. The molecule has 1 aliphatic heterocycles. The predicted molar refractivity (Wildman–Crippen MR) is 111 cm³/mol. The maximum atomic E-state index is 12.4. The lowest BCUT2D eigenvalue weighted by atomic mass is 10.1. The number of likely N-dealkylation sites (tertiary alicyclic amines) is 1. The van der Waals surface area contributed by atoms with Crippen LogP contribution in [0.2, 0.25) is 5.02 Å². The van der Waals surface area contributed by atoms with Crippen LogP contribution in [0.3, 0.4) is 0 Å². The fourth-order valence-electron chi connectivity index (χ4n) is 3.21. The number of carbonyl (C=O) groups is 3. The van der Waals surface area contributed by atoms with Crippen molar-refractivity contribution in [2.45, 2.75) is 25.9 Å². The molecule has 152 valence electrons. The van der Waals surface area contributed by atoms with E-state index in [0.717, 1.165) is 16.8 Å². The van der Waals surface area contributed by atoms with Gasteiger partial charge in [-0.15, -0.1) is 0 Å². The maximum Gasteiger partial charge on any atom is 0.251 e. The number of hydrogen-bond donors (Lipinski definition) is 1. The van der Waals surface area contributed by atoms with Crippen LogP contribution in [0.5, 0.6) is 0 Å². The summed E-state index contributed by atoms with van der Waals surface area (Å²) in [4.78, 5) is 37.1. The molecule has 0 radical (unpaired) electrons. The summed E-state index contributed by atoms with van der Waals surface area (Å²) in [5, 5.41) is 7.82. The van der Waals surface area contributed by atoms with Crippen molar-refractivity contribution in [2.24, 2.45) is 0 Å². The van der Waals surface area contributed by atoms with Crippen molar-refractivity contribution in [1.29, 1.82) is 0 Å². The van der Waals surface area contributed by atoms with Crippen LogP contribution in [0.15, 0.2) is 60.9 Å². The molecule has 1 fully saturated rings. The number of rotatable bonds is 6. The van der Waals surface area contributed by atoms with Gasteiger partial charge in [-0.05, 0) is 42.0 Å². The zero-order valence-corrected chi connectivity index (χ0v) is 16.8. The Morgan fingerprint density at radius 2 is 1.63 bits per heavy atom. The second-order valence-corrected chi connectivity index (χ2v) is 7.46. The van der Waals surface area contributed by atoms with Gasteiger partial charge >= 0.3 is 0 Å². The van der Waals surface area contributed by atoms with Gasteiger partial charge in [0.05, 0.1) is 18.4 Å². The molecule has 0 bridgehead atoms. The lowest BCUT2D eigenvalue weighted by Gasteiger charge is -2.13. The zero-order chi connectivity index (χ0) is 21.1. The van der Waals surface area contributed by atoms with Gasteiger partial charge in [-0.1, -0.05) is 23.7 Å². The smallest absolute Gasteiger partial charge is 0.251 e. The van der Waals surface area contributed by atoms with Gasteiger partial charge < -0.3 is 5.32 Å². The van der Waals surface area contributed by atoms with Crippen molar-refractivity contribution in [3.63, 3.8) is 0 Å². The van der Waals surface area contributed by atoms with Gasteiger partial charge in [-0.2, -0.15) is 5.10 Å². The molecular weight excluding hydrogens is 404 g/mol. The third-order valence-electron chi connectivity index (χ3n) is 4.89. The fraction of sp³-hybridized carbons (Fsp3) is 0.182. The van der Waals surface area contributed by atoms with Crippen LogP contribution in [-0.2, 0) is 22.7 Å². The summed E-state index contributed by atoms with van der Waals surface area (Å²) in [5.41, 5.74) is 3.05. The summed E-state index contributed by atoms with van der Waals surface area (Å²) in [7, 11) is 0.